The number of carboxylic acids is 1. The van der Waals surface area contributed by atoms with Crippen molar-refractivity contribution in [2.45, 2.75) is 136 Å². The number of hydrogen-bond donors (Lipinski definition) is 1. The Kier molecular flexibility index (Phi) is 21.3. The van der Waals surface area contributed by atoms with E-state index < -0.39 is 18.0 Å². The van der Waals surface area contributed by atoms with Crippen LogP contribution in [0, 0.1) is 12.8 Å². The van der Waals surface area contributed by atoms with Gasteiger partial charge in [0.05, 0.1) is 19.1 Å². The minimum absolute atomic E-state index is 0.116. The number of halogens is 1. The minimum atomic E-state index is -0.839. The predicted molar refractivity (Wildman–Crippen MR) is 176 cm³/mol. The summed E-state index contributed by atoms with van der Waals surface area (Å²) < 4.78 is 29.2. The third kappa shape index (κ3) is 18.6. The molecule has 2 aromatic heterocycles. The summed E-state index contributed by atoms with van der Waals surface area (Å²) >= 11 is 2.34. The first-order valence-corrected chi connectivity index (χ1v) is 18.1. The van der Waals surface area contributed by atoms with E-state index in [1.807, 2.05) is 6.07 Å². The highest BCUT2D eigenvalue weighted by molar-refractivity contribution is 14.1. The number of aryl methyl sites for hydroxylation is 2. The Morgan fingerprint density at radius 2 is 1.44 bits per heavy atom. The molecule has 0 aliphatic heterocycles. The lowest BCUT2D eigenvalue weighted by atomic mass is 10.0. The molecular weight excluding hydrogens is 663 g/mol. The second kappa shape index (κ2) is 24.5. The fourth-order valence-corrected chi connectivity index (χ4v) is 5.48. The fraction of sp³-hybridized carbons (Fsp3) is 0.788. The van der Waals surface area contributed by atoms with Crippen LogP contribution in [0.1, 0.15) is 128 Å². The Morgan fingerprint density at radius 3 is 2.05 bits per heavy atom. The highest BCUT2D eigenvalue weighted by Gasteiger charge is 2.21. The standard InChI is InChI=1S/C33H55IN2O7/c1-3-4-5-6-7-8-9-10-11-12-13-14-17-20-29-23-31(35-43-29)40-26-30(41-32-22-27(2)42-36-32)25-39-24-28(33(37)38)19-16-15-18-21-34/h22-23,28,30H,3-21,24-26H2,1-2H3,(H,37,38). The predicted octanol–water partition coefficient (Wildman–Crippen LogP) is 9.14. The molecule has 0 saturated heterocycles. The molecule has 2 unspecified atom stereocenters. The summed E-state index contributed by atoms with van der Waals surface area (Å²) in [6, 6.07) is 3.51. The average molecular weight is 719 g/mol. The van der Waals surface area contributed by atoms with E-state index in [1.165, 1.54) is 77.0 Å². The average Bonchev–Trinajstić information content (AvgIpc) is 3.63. The quantitative estimate of drug-likeness (QED) is 0.0499. The zero-order valence-corrected chi connectivity index (χ0v) is 28.7. The third-order valence-electron chi connectivity index (χ3n) is 7.53. The van der Waals surface area contributed by atoms with Crippen LogP contribution in [0.3, 0.4) is 0 Å². The van der Waals surface area contributed by atoms with E-state index in [-0.39, 0.29) is 19.8 Å². The summed E-state index contributed by atoms with van der Waals surface area (Å²) in [5.74, 6) is 0.773. The summed E-state index contributed by atoms with van der Waals surface area (Å²) in [5.41, 5.74) is 0. The first-order valence-electron chi connectivity index (χ1n) is 16.6. The van der Waals surface area contributed by atoms with Gasteiger partial charge in [0.1, 0.15) is 18.1 Å². The number of nitrogens with zero attached hydrogens (tertiary/aromatic N) is 2. The van der Waals surface area contributed by atoms with Crippen molar-refractivity contribution in [1.82, 2.24) is 10.3 Å². The van der Waals surface area contributed by atoms with Crippen molar-refractivity contribution in [3.05, 3.63) is 23.7 Å². The van der Waals surface area contributed by atoms with Gasteiger partial charge >= 0.3 is 5.97 Å². The maximum absolute atomic E-state index is 11.7. The molecule has 0 aliphatic carbocycles. The van der Waals surface area contributed by atoms with Gasteiger partial charge in [0.25, 0.3) is 11.8 Å². The molecule has 2 aromatic rings. The van der Waals surface area contributed by atoms with Crippen molar-refractivity contribution in [1.29, 1.82) is 0 Å². The molecule has 0 fully saturated rings. The summed E-state index contributed by atoms with van der Waals surface area (Å²) in [5, 5.41) is 17.5. The number of aromatic nitrogens is 2. The minimum Gasteiger partial charge on any atom is -0.481 e. The molecule has 2 rings (SSSR count). The summed E-state index contributed by atoms with van der Waals surface area (Å²) in [6.45, 7) is 4.46. The van der Waals surface area contributed by atoms with Crippen molar-refractivity contribution in [3.8, 4) is 11.8 Å². The normalized spacial score (nSPS) is 12.8. The van der Waals surface area contributed by atoms with Crippen LogP contribution in [0.4, 0.5) is 0 Å². The number of carbonyl (C=O) groups is 1. The first kappa shape index (κ1) is 37.4. The van der Waals surface area contributed by atoms with Crippen molar-refractivity contribution < 1.29 is 33.2 Å². The lowest BCUT2D eigenvalue weighted by Gasteiger charge is -2.19. The molecule has 2 heterocycles. The van der Waals surface area contributed by atoms with Crippen LogP contribution in [0.2, 0.25) is 0 Å². The molecule has 43 heavy (non-hydrogen) atoms. The van der Waals surface area contributed by atoms with E-state index in [0.29, 0.717) is 23.9 Å². The molecule has 9 nitrogen and oxygen atoms in total. The Bertz CT molecular complexity index is 951. The lowest BCUT2D eigenvalue weighted by molar-refractivity contribution is -0.144. The molecule has 0 bridgehead atoms. The zero-order chi connectivity index (χ0) is 31.0. The Hall–Kier alpha value is -1.82. The van der Waals surface area contributed by atoms with Crippen molar-refractivity contribution in [3.63, 3.8) is 0 Å². The summed E-state index contributed by atoms with van der Waals surface area (Å²) in [7, 11) is 0. The maximum atomic E-state index is 11.7. The largest absolute Gasteiger partial charge is 0.481 e. The van der Waals surface area contributed by atoms with Crippen LogP contribution in [0.5, 0.6) is 11.8 Å². The number of carboxylic acid groups (broad SMARTS) is 1. The van der Waals surface area contributed by atoms with Crippen LogP contribution in [-0.4, -0.2) is 51.7 Å². The molecule has 0 aliphatic rings. The molecule has 10 heteroatoms. The van der Waals surface area contributed by atoms with Gasteiger partial charge in [-0.1, -0.05) is 119 Å². The van der Waals surface area contributed by atoms with Gasteiger partial charge in [0.2, 0.25) is 0 Å². The van der Waals surface area contributed by atoms with Crippen molar-refractivity contribution in [2.24, 2.45) is 5.92 Å². The van der Waals surface area contributed by atoms with Gasteiger partial charge < -0.3 is 28.4 Å². The lowest BCUT2D eigenvalue weighted by Crippen LogP contribution is -2.32. The van der Waals surface area contributed by atoms with Crippen LogP contribution >= 0.6 is 22.6 Å². The van der Waals surface area contributed by atoms with Gasteiger partial charge in [-0.2, -0.15) is 0 Å². The highest BCUT2D eigenvalue weighted by Crippen LogP contribution is 2.19. The van der Waals surface area contributed by atoms with Crippen molar-refractivity contribution in [2.75, 3.05) is 24.2 Å². The smallest absolute Gasteiger partial charge is 0.308 e. The second-order valence-corrected chi connectivity index (χ2v) is 12.6. The van der Waals surface area contributed by atoms with Gasteiger partial charge in [-0.15, -0.1) is 0 Å². The highest BCUT2D eigenvalue weighted by atomic mass is 127. The number of hydrogen-bond acceptors (Lipinski definition) is 8. The van der Waals surface area contributed by atoms with Crippen LogP contribution in [0.15, 0.2) is 21.2 Å². The number of rotatable bonds is 29. The van der Waals surface area contributed by atoms with E-state index in [2.05, 4.69) is 39.8 Å². The molecule has 0 radical (unpaired) electrons. The topological polar surface area (TPSA) is 117 Å². The van der Waals surface area contributed by atoms with E-state index in [9.17, 15) is 9.90 Å². The second-order valence-electron chi connectivity index (χ2n) is 11.6. The SMILES string of the molecule is CCCCCCCCCCCCCCCc1cc(OCC(COCC(CCCCCI)C(=O)O)Oc2cc(C)on2)no1. The molecule has 246 valence electrons. The van der Waals surface area contributed by atoms with E-state index in [0.717, 1.165) is 42.3 Å². The van der Waals surface area contributed by atoms with E-state index in [4.69, 9.17) is 23.3 Å². The molecule has 0 spiro atoms. The monoisotopic (exact) mass is 718 g/mol. The molecular formula is C33H55IN2O7. The number of ether oxygens (including phenoxy) is 3. The van der Waals surface area contributed by atoms with Gasteiger partial charge in [0, 0.05) is 18.6 Å². The Balaban J connectivity index is 1.66. The molecule has 2 atom stereocenters. The third-order valence-corrected chi connectivity index (χ3v) is 8.30. The summed E-state index contributed by atoms with van der Waals surface area (Å²) in [6.07, 6.45) is 21.1. The van der Waals surface area contributed by atoms with Crippen molar-refractivity contribution >= 4 is 28.6 Å². The fourth-order valence-electron chi connectivity index (χ4n) is 4.94. The Morgan fingerprint density at radius 1 is 0.814 bits per heavy atom. The van der Waals surface area contributed by atoms with E-state index >= 15 is 0 Å². The zero-order valence-electron chi connectivity index (χ0n) is 26.5. The van der Waals surface area contributed by atoms with E-state index in [1.54, 1.807) is 13.0 Å². The van der Waals surface area contributed by atoms with Gasteiger partial charge in [-0.25, -0.2) is 0 Å². The number of unbranched alkanes of at least 4 members (excludes halogenated alkanes) is 14. The number of aliphatic carboxylic acids is 1. The van der Waals surface area contributed by atoms with Crippen LogP contribution in [0.25, 0.3) is 0 Å². The maximum Gasteiger partial charge on any atom is 0.308 e. The van der Waals surface area contributed by atoms with Gasteiger partial charge in [-0.3, -0.25) is 4.79 Å². The Labute approximate surface area is 272 Å². The number of alkyl halides is 1. The molecule has 0 saturated carbocycles. The van der Waals surface area contributed by atoms with Gasteiger partial charge in [0.15, 0.2) is 6.10 Å². The van der Waals surface area contributed by atoms with Crippen LogP contribution in [-0.2, 0) is 16.0 Å². The summed E-state index contributed by atoms with van der Waals surface area (Å²) in [4.78, 5) is 11.7. The molecule has 0 aromatic carbocycles. The van der Waals surface area contributed by atoms with Gasteiger partial charge in [-0.05, 0) is 40.9 Å². The molecule has 1 N–H and O–H groups in total. The first-order chi connectivity index (χ1) is 21.0. The van der Waals surface area contributed by atoms with Crippen LogP contribution < -0.4 is 9.47 Å². The molecule has 0 amide bonds.